The highest BCUT2D eigenvalue weighted by molar-refractivity contribution is 6.34. The molecule has 1 N–H and O–H groups in total. The van der Waals surface area contributed by atoms with E-state index in [9.17, 15) is 5.11 Å². The Morgan fingerprint density at radius 1 is 1.06 bits per heavy atom. The van der Waals surface area contributed by atoms with Crippen LogP contribution in [0.25, 0.3) is 0 Å². The van der Waals surface area contributed by atoms with Crippen molar-refractivity contribution < 1.29 is 5.11 Å². The lowest BCUT2D eigenvalue weighted by Crippen LogP contribution is -2.05. The lowest BCUT2D eigenvalue weighted by atomic mass is 10.1. The van der Waals surface area contributed by atoms with Gasteiger partial charge in [-0.05, 0) is 23.8 Å². The minimum atomic E-state index is -0.768. The summed E-state index contributed by atoms with van der Waals surface area (Å²) in [6.07, 6.45) is 1.12. The first-order chi connectivity index (χ1) is 8.56. The quantitative estimate of drug-likeness (QED) is 0.916. The van der Waals surface area contributed by atoms with E-state index in [0.717, 1.165) is 5.56 Å². The maximum atomic E-state index is 10.1. The van der Waals surface area contributed by atoms with Crippen LogP contribution in [0, 0.1) is 0 Å². The lowest BCUT2D eigenvalue weighted by Gasteiger charge is -2.12. The van der Waals surface area contributed by atoms with E-state index in [0.29, 0.717) is 27.2 Å². The molecule has 0 radical (unpaired) electrons. The lowest BCUT2D eigenvalue weighted by molar-refractivity contribution is 0.174. The average Bonchev–Trinajstić information content (AvgIpc) is 2.32. The van der Waals surface area contributed by atoms with Gasteiger partial charge in [-0.2, -0.15) is 0 Å². The topological polar surface area (TPSA) is 33.1 Å². The largest absolute Gasteiger partial charge is 0.386 e. The Bertz CT molecular complexity index is 542. The van der Waals surface area contributed by atoms with Crippen molar-refractivity contribution in [2.24, 2.45) is 0 Å². The van der Waals surface area contributed by atoms with Gasteiger partial charge in [0.15, 0.2) is 0 Å². The molecule has 2 aromatic rings. The Morgan fingerprint density at radius 3 is 2.33 bits per heavy atom. The second-order valence-electron chi connectivity index (χ2n) is 3.87. The van der Waals surface area contributed by atoms with Crippen LogP contribution in [0.2, 0.25) is 15.1 Å². The third kappa shape index (κ3) is 3.36. The van der Waals surface area contributed by atoms with Gasteiger partial charge < -0.3 is 5.11 Å². The molecule has 2 nitrogen and oxygen atoms in total. The number of halogens is 3. The van der Waals surface area contributed by atoms with Crippen LogP contribution in [0.3, 0.4) is 0 Å². The molecular weight excluding hydrogens is 293 g/mol. The Morgan fingerprint density at radius 2 is 1.72 bits per heavy atom. The fraction of sp³-hybridized carbons (Fsp3) is 0.154. The van der Waals surface area contributed by atoms with Crippen molar-refractivity contribution in [1.29, 1.82) is 0 Å². The second-order valence-corrected chi connectivity index (χ2v) is 5.15. The van der Waals surface area contributed by atoms with E-state index < -0.39 is 6.10 Å². The second kappa shape index (κ2) is 5.89. The van der Waals surface area contributed by atoms with E-state index in [1.54, 1.807) is 18.2 Å². The summed E-state index contributed by atoms with van der Waals surface area (Å²) in [5.41, 5.74) is 1.38. The van der Waals surface area contributed by atoms with Gasteiger partial charge in [-0.1, -0.05) is 46.9 Å². The number of nitrogens with zero attached hydrogens (tertiary/aromatic N) is 1. The summed E-state index contributed by atoms with van der Waals surface area (Å²) in [6.45, 7) is 0. The molecule has 1 unspecified atom stereocenters. The zero-order valence-electron chi connectivity index (χ0n) is 9.28. The highest BCUT2D eigenvalue weighted by Crippen LogP contribution is 2.26. The minimum absolute atomic E-state index is 0.365. The molecule has 0 fully saturated rings. The first-order valence-electron chi connectivity index (χ1n) is 5.29. The van der Waals surface area contributed by atoms with Crippen LogP contribution in [-0.2, 0) is 6.42 Å². The maximum Gasteiger partial charge on any atom is 0.101 e. The Kier molecular flexibility index (Phi) is 4.46. The van der Waals surface area contributed by atoms with Gasteiger partial charge in [-0.25, -0.2) is 0 Å². The fourth-order valence-electron chi connectivity index (χ4n) is 1.61. The molecule has 5 heteroatoms. The van der Waals surface area contributed by atoms with Gasteiger partial charge in [-0.3, -0.25) is 4.98 Å². The van der Waals surface area contributed by atoms with Crippen LogP contribution in [0.15, 0.2) is 36.5 Å². The molecule has 0 aliphatic carbocycles. The van der Waals surface area contributed by atoms with Crippen molar-refractivity contribution in [3.05, 3.63) is 62.9 Å². The van der Waals surface area contributed by atoms with Crippen molar-refractivity contribution in [3.8, 4) is 0 Å². The predicted octanol–water partition coefficient (Wildman–Crippen LogP) is 4.32. The molecule has 0 bridgehead atoms. The molecule has 94 valence electrons. The van der Waals surface area contributed by atoms with E-state index in [1.807, 2.05) is 12.1 Å². The van der Waals surface area contributed by atoms with Gasteiger partial charge in [0.25, 0.3) is 0 Å². The van der Waals surface area contributed by atoms with E-state index in [2.05, 4.69) is 4.98 Å². The number of pyridine rings is 1. The SMILES string of the molecule is OC(Cc1ccc(Cl)cc1)c1ncc(Cl)cc1Cl. The van der Waals surface area contributed by atoms with Crippen molar-refractivity contribution in [2.75, 3.05) is 0 Å². The first kappa shape index (κ1) is 13.6. The van der Waals surface area contributed by atoms with Crippen LogP contribution in [0.4, 0.5) is 0 Å². The molecule has 1 aromatic heterocycles. The molecule has 1 aromatic carbocycles. The summed E-state index contributed by atoms with van der Waals surface area (Å²) in [7, 11) is 0. The predicted molar refractivity (Wildman–Crippen MR) is 74.4 cm³/mol. The van der Waals surface area contributed by atoms with E-state index in [-0.39, 0.29) is 0 Å². The van der Waals surface area contributed by atoms with E-state index in [1.165, 1.54) is 6.20 Å². The highest BCUT2D eigenvalue weighted by atomic mass is 35.5. The van der Waals surface area contributed by atoms with Crippen LogP contribution >= 0.6 is 34.8 Å². The van der Waals surface area contributed by atoms with Gasteiger partial charge in [0.05, 0.1) is 15.7 Å². The summed E-state index contributed by atoms with van der Waals surface area (Å²) in [4.78, 5) is 4.05. The zero-order valence-corrected chi connectivity index (χ0v) is 11.5. The molecule has 0 aliphatic heterocycles. The number of rotatable bonds is 3. The molecule has 1 atom stereocenters. The molecule has 2 rings (SSSR count). The van der Waals surface area contributed by atoms with Crippen LogP contribution < -0.4 is 0 Å². The minimum Gasteiger partial charge on any atom is -0.386 e. The Hall–Kier alpha value is -0.800. The number of hydrogen-bond donors (Lipinski definition) is 1. The van der Waals surface area contributed by atoms with Crippen molar-refractivity contribution in [1.82, 2.24) is 4.98 Å². The molecule has 0 saturated heterocycles. The molecule has 0 amide bonds. The number of aromatic nitrogens is 1. The molecule has 0 saturated carbocycles. The third-order valence-electron chi connectivity index (χ3n) is 2.49. The summed E-state index contributed by atoms with van der Waals surface area (Å²) in [6, 6.07) is 8.84. The molecular formula is C13H10Cl3NO. The monoisotopic (exact) mass is 301 g/mol. The summed E-state index contributed by atoms with van der Waals surface area (Å²) in [5.74, 6) is 0. The first-order valence-corrected chi connectivity index (χ1v) is 6.43. The standard InChI is InChI=1S/C13H10Cl3NO/c14-9-3-1-8(2-4-9)5-12(18)13-11(16)6-10(15)7-17-13/h1-4,6-7,12,18H,5H2. The van der Waals surface area contributed by atoms with Crippen molar-refractivity contribution in [2.45, 2.75) is 12.5 Å². The van der Waals surface area contributed by atoms with E-state index >= 15 is 0 Å². The molecule has 0 spiro atoms. The fourth-order valence-corrected chi connectivity index (χ4v) is 2.24. The summed E-state index contributed by atoms with van der Waals surface area (Å²) in [5, 5.41) is 11.6. The van der Waals surface area contributed by atoms with Gasteiger partial charge in [0, 0.05) is 17.6 Å². The molecule has 18 heavy (non-hydrogen) atoms. The molecule has 0 aliphatic rings. The normalized spacial score (nSPS) is 12.4. The third-order valence-corrected chi connectivity index (χ3v) is 3.26. The van der Waals surface area contributed by atoms with Gasteiger partial charge in [-0.15, -0.1) is 0 Å². The zero-order chi connectivity index (χ0) is 13.1. The van der Waals surface area contributed by atoms with Gasteiger partial charge in [0.1, 0.15) is 6.10 Å². The summed E-state index contributed by atoms with van der Waals surface area (Å²) >= 11 is 17.5. The van der Waals surface area contributed by atoms with Gasteiger partial charge >= 0.3 is 0 Å². The van der Waals surface area contributed by atoms with Crippen molar-refractivity contribution >= 4 is 34.8 Å². The smallest absolute Gasteiger partial charge is 0.101 e. The number of aliphatic hydroxyl groups excluding tert-OH is 1. The van der Waals surface area contributed by atoms with Crippen molar-refractivity contribution in [3.63, 3.8) is 0 Å². The maximum absolute atomic E-state index is 10.1. The van der Waals surface area contributed by atoms with Crippen LogP contribution in [-0.4, -0.2) is 10.1 Å². The number of aliphatic hydroxyl groups is 1. The number of benzene rings is 1. The van der Waals surface area contributed by atoms with Crippen LogP contribution in [0.1, 0.15) is 17.4 Å². The Balaban J connectivity index is 2.16. The van der Waals surface area contributed by atoms with E-state index in [4.69, 9.17) is 34.8 Å². The van der Waals surface area contributed by atoms with Gasteiger partial charge in [0.2, 0.25) is 0 Å². The average molecular weight is 303 g/mol. The number of hydrogen-bond acceptors (Lipinski definition) is 2. The van der Waals surface area contributed by atoms with Crippen LogP contribution in [0.5, 0.6) is 0 Å². The Labute approximate surface area is 120 Å². The highest BCUT2D eigenvalue weighted by Gasteiger charge is 2.14. The summed E-state index contributed by atoms with van der Waals surface area (Å²) < 4.78 is 0. The molecule has 1 heterocycles.